The Bertz CT molecular complexity index is 1220. The van der Waals surface area contributed by atoms with E-state index in [0.29, 0.717) is 41.2 Å². The largest absolute Gasteiger partial charge is 0.356 e. The van der Waals surface area contributed by atoms with Crippen LogP contribution >= 0.6 is 23.4 Å². The highest BCUT2D eigenvalue weighted by atomic mass is 35.5. The topological polar surface area (TPSA) is 103 Å². The highest BCUT2D eigenvalue weighted by Crippen LogP contribution is 2.35. The van der Waals surface area contributed by atoms with Crippen molar-refractivity contribution < 1.29 is 14.4 Å². The monoisotopic (exact) mass is 525 g/mol. The van der Waals surface area contributed by atoms with Gasteiger partial charge in [0.25, 0.3) is 5.91 Å². The predicted molar refractivity (Wildman–Crippen MR) is 144 cm³/mol. The van der Waals surface area contributed by atoms with Gasteiger partial charge in [-0.15, -0.1) is 0 Å². The summed E-state index contributed by atoms with van der Waals surface area (Å²) in [5.74, 6) is 0.0400. The Balaban J connectivity index is 1.44. The van der Waals surface area contributed by atoms with Crippen molar-refractivity contribution in [3.63, 3.8) is 0 Å². The number of nitrogens with zero attached hydrogens (tertiary/aromatic N) is 3. The number of aliphatic imine (C=N–C) groups is 2. The third-order valence-corrected chi connectivity index (χ3v) is 7.19. The number of rotatable bonds is 10. The minimum atomic E-state index is -0.636. The zero-order chi connectivity index (χ0) is 25.5. The third kappa shape index (κ3) is 6.14. The molecule has 1 atom stereocenters. The lowest BCUT2D eigenvalue weighted by atomic mass is 10.1. The Hall–Kier alpha value is -3.17. The number of carbonyl (C=O) groups is 3. The minimum absolute atomic E-state index is 0.0906. The molecule has 2 aliphatic rings. The average molecular weight is 526 g/mol. The summed E-state index contributed by atoms with van der Waals surface area (Å²) in [7, 11) is 0. The average Bonchev–Trinajstić information content (AvgIpc) is 3.22. The zero-order valence-corrected chi connectivity index (χ0v) is 21.6. The molecule has 188 valence electrons. The van der Waals surface area contributed by atoms with Crippen molar-refractivity contribution in [3.05, 3.63) is 64.7 Å². The summed E-state index contributed by atoms with van der Waals surface area (Å²) in [5.41, 5.74) is 2.28. The van der Waals surface area contributed by atoms with Gasteiger partial charge < -0.3 is 10.6 Å². The van der Waals surface area contributed by atoms with Crippen LogP contribution < -0.4 is 10.6 Å². The first-order chi connectivity index (χ1) is 17.5. The van der Waals surface area contributed by atoms with E-state index < -0.39 is 6.04 Å². The molecular formula is C26H28ClN5O3S. The Morgan fingerprint density at radius 3 is 2.64 bits per heavy atom. The second-order valence-electron chi connectivity index (χ2n) is 8.47. The molecular weight excluding hydrogens is 498 g/mol. The normalized spacial score (nSPS) is 16.1. The summed E-state index contributed by atoms with van der Waals surface area (Å²) in [6, 6.07) is 14.2. The minimum Gasteiger partial charge on any atom is -0.356 e. The van der Waals surface area contributed by atoms with E-state index in [-0.39, 0.29) is 29.9 Å². The van der Waals surface area contributed by atoms with E-state index in [0.717, 1.165) is 24.0 Å². The number of hydrogen-bond acceptors (Lipinski definition) is 6. The van der Waals surface area contributed by atoms with Gasteiger partial charge in [-0.3, -0.25) is 19.3 Å². The van der Waals surface area contributed by atoms with Crippen molar-refractivity contribution in [1.82, 2.24) is 15.5 Å². The molecule has 0 fully saturated rings. The molecule has 2 N–H and O–H groups in total. The molecule has 2 aromatic carbocycles. The second-order valence-corrected chi connectivity index (χ2v) is 9.82. The molecule has 2 aromatic rings. The van der Waals surface area contributed by atoms with E-state index >= 15 is 0 Å². The van der Waals surface area contributed by atoms with Gasteiger partial charge in [-0.25, -0.2) is 4.99 Å². The van der Waals surface area contributed by atoms with E-state index in [1.165, 1.54) is 11.8 Å². The summed E-state index contributed by atoms with van der Waals surface area (Å²) >= 11 is 7.42. The Kier molecular flexibility index (Phi) is 8.77. The highest BCUT2D eigenvalue weighted by Gasteiger charge is 2.41. The predicted octanol–water partition coefficient (Wildman–Crippen LogP) is 4.04. The number of nitrogens with one attached hydrogen (secondary N) is 2. The molecule has 0 bridgehead atoms. The van der Waals surface area contributed by atoms with E-state index in [9.17, 15) is 14.4 Å². The van der Waals surface area contributed by atoms with Gasteiger partial charge in [-0.2, -0.15) is 4.99 Å². The van der Waals surface area contributed by atoms with Crippen molar-refractivity contribution >= 4 is 57.8 Å². The van der Waals surface area contributed by atoms with Crippen molar-refractivity contribution in [2.24, 2.45) is 9.98 Å². The lowest BCUT2D eigenvalue weighted by Gasteiger charge is -2.31. The SMILES string of the molecule is CCCCNC(=O)CCC1C(=O)N=C2c3ccccc3N=C(SCC(=O)NCc3ccccc3Cl)N21. The summed E-state index contributed by atoms with van der Waals surface area (Å²) in [4.78, 5) is 48.6. The molecule has 0 aliphatic carbocycles. The van der Waals surface area contributed by atoms with E-state index in [1.807, 2.05) is 42.5 Å². The fourth-order valence-electron chi connectivity index (χ4n) is 3.95. The molecule has 3 amide bonds. The summed E-state index contributed by atoms with van der Waals surface area (Å²) < 4.78 is 0. The van der Waals surface area contributed by atoms with Gasteiger partial charge in [-0.1, -0.05) is 67.0 Å². The van der Waals surface area contributed by atoms with Gasteiger partial charge in [0.1, 0.15) is 11.9 Å². The first-order valence-corrected chi connectivity index (χ1v) is 13.3. The Labute approximate surface area is 219 Å². The molecule has 1 unspecified atom stereocenters. The fraction of sp³-hybridized carbons (Fsp3) is 0.346. The molecule has 10 heteroatoms. The number of thioether (sulfide) groups is 1. The van der Waals surface area contributed by atoms with Gasteiger partial charge in [0.2, 0.25) is 11.8 Å². The van der Waals surface area contributed by atoms with Crippen LogP contribution in [0.4, 0.5) is 5.69 Å². The zero-order valence-electron chi connectivity index (χ0n) is 20.0. The number of amidine groups is 2. The number of carbonyl (C=O) groups excluding carboxylic acids is 3. The van der Waals surface area contributed by atoms with E-state index in [2.05, 4.69) is 22.5 Å². The van der Waals surface area contributed by atoms with Gasteiger partial charge in [0.05, 0.1) is 11.4 Å². The standard InChI is InChI=1S/C26H28ClN5O3S/c1-2-3-14-28-22(33)13-12-21-25(35)31-24-18-9-5-7-11-20(18)30-26(32(21)24)36-16-23(34)29-15-17-8-4-6-10-19(17)27/h4-11,21H,2-3,12-16H2,1H3,(H,28,33)(H,29,34). The third-order valence-electron chi connectivity index (χ3n) is 5.87. The quantitative estimate of drug-likeness (QED) is 0.456. The molecule has 0 spiro atoms. The number of para-hydroxylation sites is 1. The van der Waals surface area contributed by atoms with Gasteiger partial charge in [-0.05, 0) is 36.6 Å². The molecule has 0 aromatic heterocycles. The smallest absolute Gasteiger partial charge is 0.270 e. The van der Waals surface area contributed by atoms with E-state index in [4.69, 9.17) is 16.6 Å². The number of hydrogen-bond donors (Lipinski definition) is 2. The summed E-state index contributed by atoms with van der Waals surface area (Å²) in [6.45, 7) is 3.00. The lowest BCUT2D eigenvalue weighted by Crippen LogP contribution is -2.44. The van der Waals surface area contributed by atoms with Crippen molar-refractivity contribution in [3.8, 4) is 0 Å². The first-order valence-electron chi connectivity index (χ1n) is 12.0. The maximum absolute atomic E-state index is 12.9. The molecule has 0 saturated carbocycles. The Morgan fingerprint density at radius 2 is 1.83 bits per heavy atom. The first kappa shape index (κ1) is 25.9. The van der Waals surface area contributed by atoms with Crippen LogP contribution in [-0.2, 0) is 20.9 Å². The fourth-order valence-corrected chi connectivity index (χ4v) is 5.03. The number of fused-ring (bicyclic) bond motifs is 3. The number of amides is 3. The Morgan fingerprint density at radius 1 is 1.06 bits per heavy atom. The van der Waals surface area contributed by atoms with Crippen LogP contribution in [0.2, 0.25) is 5.02 Å². The maximum Gasteiger partial charge on any atom is 0.270 e. The van der Waals surface area contributed by atoms with E-state index in [1.54, 1.807) is 11.0 Å². The van der Waals surface area contributed by atoms with Crippen molar-refractivity contribution in [2.45, 2.75) is 45.2 Å². The number of benzene rings is 2. The van der Waals surface area contributed by atoms with Crippen molar-refractivity contribution in [2.75, 3.05) is 12.3 Å². The molecule has 8 nitrogen and oxygen atoms in total. The van der Waals surface area contributed by atoms with Gasteiger partial charge in [0, 0.05) is 30.1 Å². The van der Waals surface area contributed by atoms with Crippen LogP contribution in [0.15, 0.2) is 58.5 Å². The summed E-state index contributed by atoms with van der Waals surface area (Å²) in [6.07, 6.45) is 2.42. The van der Waals surface area contributed by atoms with Crippen LogP contribution in [0.5, 0.6) is 0 Å². The highest BCUT2D eigenvalue weighted by molar-refractivity contribution is 8.14. The summed E-state index contributed by atoms with van der Waals surface area (Å²) in [5, 5.41) is 6.87. The lowest BCUT2D eigenvalue weighted by molar-refractivity contribution is -0.122. The van der Waals surface area contributed by atoms with Crippen LogP contribution in [0.1, 0.15) is 43.7 Å². The number of unbranched alkanes of at least 4 members (excludes halogenated alkanes) is 1. The molecule has 0 saturated heterocycles. The van der Waals surface area contributed by atoms with Gasteiger partial charge >= 0.3 is 0 Å². The molecule has 2 heterocycles. The van der Waals surface area contributed by atoms with Crippen molar-refractivity contribution in [1.29, 1.82) is 0 Å². The van der Waals surface area contributed by atoms with Crippen LogP contribution in [0.3, 0.4) is 0 Å². The van der Waals surface area contributed by atoms with Gasteiger partial charge in [0.15, 0.2) is 5.17 Å². The van der Waals surface area contributed by atoms with Crippen LogP contribution in [0.25, 0.3) is 0 Å². The number of halogens is 1. The molecule has 0 radical (unpaired) electrons. The molecule has 36 heavy (non-hydrogen) atoms. The maximum atomic E-state index is 12.9. The van der Waals surface area contributed by atoms with Crippen LogP contribution in [0, 0.1) is 0 Å². The van der Waals surface area contributed by atoms with Crippen LogP contribution in [-0.4, -0.2) is 52.0 Å². The molecule has 4 rings (SSSR count). The second kappa shape index (κ2) is 12.2. The molecule has 2 aliphatic heterocycles.